The minimum atomic E-state index is -1.13. The van der Waals surface area contributed by atoms with Gasteiger partial charge in [0.15, 0.2) is 0 Å². The van der Waals surface area contributed by atoms with Gasteiger partial charge in [-0.05, 0) is 24.3 Å². The molecule has 1 aromatic heterocycles. The molecule has 3 rings (SSSR count). The summed E-state index contributed by atoms with van der Waals surface area (Å²) >= 11 is 0. The van der Waals surface area contributed by atoms with E-state index in [1.54, 1.807) is 7.11 Å². The van der Waals surface area contributed by atoms with Crippen molar-refractivity contribution in [2.45, 2.75) is 0 Å². The van der Waals surface area contributed by atoms with E-state index in [-0.39, 0.29) is 0 Å². The average molecular weight is 329 g/mol. The molecule has 8 heteroatoms. The summed E-state index contributed by atoms with van der Waals surface area (Å²) in [5.74, 6) is 1.46. The lowest BCUT2D eigenvalue weighted by molar-refractivity contribution is 0.209. The molecule has 1 aromatic carbocycles. The topological polar surface area (TPSA) is 90.8 Å². The fraction of sp³-hybridized carbons (Fsp3) is 0.312. The lowest BCUT2D eigenvalue weighted by atomic mass is 10.2. The van der Waals surface area contributed by atoms with Crippen molar-refractivity contribution in [1.29, 1.82) is 0 Å². The zero-order valence-electron chi connectivity index (χ0n) is 13.3. The van der Waals surface area contributed by atoms with E-state index in [2.05, 4.69) is 37.2 Å². The predicted molar refractivity (Wildman–Crippen MR) is 91.1 cm³/mol. The molecule has 1 aliphatic rings. The number of rotatable bonds is 4. The van der Waals surface area contributed by atoms with Gasteiger partial charge >= 0.3 is 6.09 Å². The van der Waals surface area contributed by atoms with Gasteiger partial charge in [0.1, 0.15) is 5.75 Å². The van der Waals surface area contributed by atoms with E-state index in [0.717, 1.165) is 37.6 Å². The van der Waals surface area contributed by atoms with E-state index < -0.39 is 6.09 Å². The van der Waals surface area contributed by atoms with E-state index in [1.807, 2.05) is 12.1 Å². The molecule has 8 nitrogen and oxygen atoms in total. The van der Waals surface area contributed by atoms with Crippen molar-refractivity contribution in [3.05, 3.63) is 36.7 Å². The normalized spacial score (nSPS) is 14.4. The van der Waals surface area contributed by atoms with E-state index in [0.29, 0.717) is 11.6 Å². The molecule has 0 atom stereocenters. The first-order valence-corrected chi connectivity index (χ1v) is 7.61. The monoisotopic (exact) mass is 329 g/mol. The highest BCUT2D eigenvalue weighted by Gasteiger charge is 2.19. The van der Waals surface area contributed by atoms with E-state index in [1.165, 1.54) is 12.4 Å². The van der Waals surface area contributed by atoms with Crippen molar-refractivity contribution in [3.63, 3.8) is 0 Å². The van der Waals surface area contributed by atoms with Gasteiger partial charge in [-0.2, -0.15) is 0 Å². The summed E-state index contributed by atoms with van der Waals surface area (Å²) in [6.45, 7) is 3.34. The molecular formula is C16H19N5O3. The second kappa shape index (κ2) is 7.03. The van der Waals surface area contributed by atoms with Gasteiger partial charge in [0.25, 0.3) is 0 Å². The van der Waals surface area contributed by atoms with Crippen LogP contribution in [0.15, 0.2) is 36.7 Å². The molecule has 1 fully saturated rings. The van der Waals surface area contributed by atoms with Crippen LogP contribution in [0, 0.1) is 0 Å². The van der Waals surface area contributed by atoms with Crippen molar-refractivity contribution in [2.75, 3.05) is 48.4 Å². The third kappa shape index (κ3) is 3.65. The highest BCUT2D eigenvalue weighted by Crippen LogP contribution is 2.21. The number of piperazine rings is 1. The predicted octanol–water partition coefficient (Wildman–Crippen LogP) is 1.90. The molecular weight excluding hydrogens is 310 g/mol. The summed E-state index contributed by atoms with van der Waals surface area (Å²) in [6.07, 6.45) is 1.83. The van der Waals surface area contributed by atoms with Crippen LogP contribution >= 0.6 is 0 Å². The molecule has 0 spiro atoms. The van der Waals surface area contributed by atoms with Gasteiger partial charge in [-0.1, -0.05) is 0 Å². The first-order chi connectivity index (χ1) is 11.7. The number of methoxy groups -OCH3 is 1. The van der Waals surface area contributed by atoms with Crippen LogP contribution in [0.1, 0.15) is 0 Å². The number of ether oxygens (including phenoxy) is 1. The van der Waals surface area contributed by atoms with Gasteiger partial charge in [-0.15, -0.1) is 0 Å². The molecule has 0 unspecified atom stereocenters. The Hall–Kier alpha value is -3.03. The van der Waals surface area contributed by atoms with Crippen LogP contribution < -0.4 is 19.9 Å². The van der Waals surface area contributed by atoms with Crippen molar-refractivity contribution >= 4 is 23.4 Å². The van der Waals surface area contributed by atoms with Crippen LogP contribution in [0.4, 0.5) is 22.1 Å². The summed E-state index contributed by atoms with van der Waals surface area (Å²) in [5, 5.41) is 10.9. The fourth-order valence-corrected chi connectivity index (χ4v) is 2.63. The highest BCUT2D eigenvalue weighted by molar-refractivity contribution is 5.82. The Morgan fingerprint density at radius 2 is 1.67 bits per heavy atom. The largest absolute Gasteiger partial charge is 0.497 e. The van der Waals surface area contributed by atoms with Crippen molar-refractivity contribution in [1.82, 2.24) is 9.97 Å². The molecule has 2 N–H and O–H groups in total. The third-order valence-corrected chi connectivity index (χ3v) is 3.89. The summed E-state index contributed by atoms with van der Waals surface area (Å²) in [4.78, 5) is 23.4. The number of benzene rings is 1. The van der Waals surface area contributed by atoms with E-state index in [9.17, 15) is 4.79 Å². The maximum absolute atomic E-state index is 10.6. The first kappa shape index (κ1) is 15.9. The number of nitrogens with zero attached hydrogens (tertiary/aromatic N) is 4. The van der Waals surface area contributed by atoms with Gasteiger partial charge in [0.05, 0.1) is 25.2 Å². The number of amides is 1. The molecule has 0 aliphatic carbocycles. The minimum absolute atomic E-state index is 0.364. The number of carboxylic acid groups (broad SMARTS) is 1. The van der Waals surface area contributed by atoms with E-state index in [4.69, 9.17) is 9.84 Å². The fourth-order valence-electron chi connectivity index (χ4n) is 2.63. The van der Waals surface area contributed by atoms with Gasteiger partial charge in [-0.25, -0.2) is 14.8 Å². The maximum Gasteiger partial charge on any atom is 0.409 e. The molecule has 2 aromatic rings. The van der Waals surface area contributed by atoms with Crippen LogP contribution in [-0.2, 0) is 0 Å². The Morgan fingerprint density at radius 3 is 2.21 bits per heavy atom. The molecule has 0 bridgehead atoms. The third-order valence-electron chi connectivity index (χ3n) is 3.89. The van der Waals surface area contributed by atoms with Crippen LogP contribution in [0.5, 0.6) is 5.75 Å². The number of hydrogen-bond donors (Lipinski definition) is 2. The summed E-state index contributed by atoms with van der Waals surface area (Å²) in [6, 6.07) is 8.02. The Morgan fingerprint density at radius 1 is 1.08 bits per heavy atom. The molecule has 126 valence electrons. The Labute approximate surface area is 139 Å². The van der Waals surface area contributed by atoms with Crippen molar-refractivity contribution in [2.24, 2.45) is 0 Å². The lowest BCUT2D eigenvalue weighted by Gasteiger charge is -2.36. The minimum Gasteiger partial charge on any atom is -0.497 e. The molecule has 1 saturated heterocycles. The van der Waals surface area contributed by atoms with Crippen LogP contribution in [-0.4, -0.2) is 54.5 Å². The number of carbonyl (C=O) groups is 1. The molecule has 24 heavy (non-hydrogen) atoms. The van der Waals surface area contributed by atoms with Crippen LogP contribution in [0.2, 0.25) is 0 Å². The Kier molecular flexibility index (Phi) is 4.64. The maximum atomic E-state index is 10.6. The van der Waals surface area contributed by atoms with Gasteiger partial charge in [0.2, 0.25) is 5.95 Å². The average Bonchev–Trinajstić information content (AvgIpc) is 2.62. The molecule has 2 heterocycles. The van der Waals surface area contributed by atoms with Gasteiger partial charge in [0, 0.05) is 31.9 Å². The molecule has 0 radical (unpaired) electrons. The number of aromatic nitrogens is 2. The molecule has 0 saturated carbocycles. The number of nitrogens with one attached hydrogen (secondary N) is 1. The molecule has 1 amide bonds. The molecule has 1 aliphatic heterocycles. The Bertz CT molecular complexity index is 682. The second-order valence-corrected chi connectivity index (χ2v) is 5.37. The zero-order chi connectivity index (χ0) is 16.9. The van der Waals surface area contributed by atoms with Gasteiger partial charge < -0.3 is 19.6 Å². The zero-order valence-corrected chi connectivity index (χ0v) is 13.3. The first-order valence-electron chi connectivity index (χ1n) is 7.61. The van der Waals surface area contributed by atoms with Crippen molar-refractivity contribution in [3.8, 4) is 5.75 Å². The van der Waals surface area contributed by atoms with Crippen LogP contribution in [0.25, 0.3) is 0 Å². The van der Waals surface area contributed by atoms with Crippen LogP contribution in [0.3, 0.4) is 0 Å². The van der Waals surface area contributed by atoms with Crippen molar-refractivity contribution < 1.29 is 14.6 Å². The standard InChI is InChI=1S/C16H19N5O3/c1-24-14-4-2-13(3-5-14)20-6-8-21(9-7-20)15-17-10-12(11-18-15)19-16(22)23/h2-5,10-11,19H,6-9H2,1H3,(H,22,23). The highest BCUT2D eigenvalue weighted by atomic mass is 16.5. The Balaban J connectivity index is 1.58. The second-order valence-electron chi connectivity index (χ2n) is 5.37. The SMILES string of the molecule is COc1ccc(N2CCN(c3ncc(NC(=O)O)cn3)CC2)cc1. The number of anilines is 3. The quantitative estimate of drug-likeness (QED) is 0.885. The summed E-state index contributed by atoms with van der Waals surface area (Å²) in [7, 11) is 1.66. The number of hydrogen-bond acceptors (Lipinski definition) is 6. The van der Waals surface area contributed by atoms with Gasteiger partial charge in [-0.3, -0.25) is 5.32 Å². The summed E-state index contributed by atoms with van der Waals surface area (Å²) in [5.41, 5.74) is 1.53. The lowest BCUT2D eigenvalue weighted by Crippen LogP contribution is -2.47. The van der Waals surface area contributed by atoms with E-state index >= 15 is 0 Å². The smallest absolute Gasteiger partial charge is 0.409 e. The summed E-state index contributed by atoms with van der Waals surface area (Å²) < 4.78 is 5.18.